The van der Waals surface area contributed by atoms with E-state index in [4.69, 9.17) is 0 Å². The van der Waals surface area contributed by atoms with E-state index in [1.165, 1.54) is 5.56 Å². The van der Waals surface area contributed by atoms with Crippen LogP contribution < -0.4 is 4.90 Å². The van der Waals surface area contributed by atoms with Crippen molar-refractivity contribution in [3.63, 3.8) is 0 Å². The Labute approximate surface area is 129 Å². The average molecular weight is 334 g/mol. The summed E-state index contributed by atoms with van der Waals surface area (Å²) in [6.07, 6.45) is 1.01. The van der Waals surface area contributed by atoms with Crippen molar-refractivity contribution in [1.29, 1.82) is 0 Å². The minimum atomic E-state index is 0.328. The van der Waals surface area contributed by atoms with Crippen LogP contribution in [0.5, 0.6) is 0 Å². The number of benzene rings is 1. The molecular weight excluding hydrogens is 314 g/mol. The number of hydrogen-bond acceptors (Lipinski definition) is 3. The van der Waals surface area contributed by atoms with Crippen molar-refractivity contribution in [3.8, 4) is 0 Å². The maximum Gasteiger partial charge on any atom is 0.134 e. The molecule has 0 bridgehead atoms. The van der Waals surface area contributed by atoms with E-state index < -0.39 is 0 Å². The molecule has 0 unspecified atom stereocenters. The first-order valence-corrected chi connectivity index (χ1v) is 7.65. The zero-order valence-corrected chi connectivity index (χ0v) is 13.8. The monoisotopic (exact) mass is 333 g/mol. The molecule has 0 spiro atoms. The molecule has 4 heteroatoms. The largest absolute Gasteiger partial charge is 0.359 e. The van der Waals surface area contributed by atoms with Gasteiger partial charge in [-0.15, -0.1) is 0 Å². The molecule has 20 heavy (non-hydrogen) atoms. The van der Waals surface area contributed by atoms with Crippen LogP contribution in [0.15, 0.2) is 41.0 Å². The molecule has 0 aliphatic heterocycles. The van der Waals surface area contributed by atoms with Crippen LogP contribution in [-0.4, -0.2) is 23.6 Å². The van der Waals surface area contributed by atoms with Crippen LogP contribution in [0.2, 0.25) is 0 Å². The molecule has 0 atom stereocenters. The molecule has 0 saturated carbocycles. The van der Waals surface area contributed by atoms with E-state index in [2.05, 4.69) is 76.0 Å². The van der Waals surface area contributed by atoms with Crippen LogP contribution >= 0.6 is 15.9 Å². The van der Waals surface area contributed by atoms with Gasteiger partial charge in [0.2, 0.25) is 0 Å². The fraction of sp³-hybridized carbons (Fsp3) is 0.375. The van der Waals surface area contributed by atoms with Gasteiger partial charge in [0.1, 0.15) is 16.2 Å². The van der Waals surface area contributed by atoms with Crippen LogP contribution in [0.3, 0.4) is 0 Å². The quantitative estimate of drug-likeness (QED) is 0.773. The molecule has 0 fully saturated rings. The normalized spacial score (nSPS) is 10.8. The summed E-state index contributed by atoms with van der Waals surface area (Å²) in [6.45, 7) is 5.15. The third-order valence-corrected chi connectivity index (χ3v) is 3.59. The van der Waals surface area contributed by atoms with Crippen LogP contribution in [0, 0.1) is 0 Å². The molecule has 2 rings (SSSR count). The number of aromatic nitrogens is 2. The Morgan fingerprint density at radius 2 is 1.85 bits per heavy atom. The summed E-state index contributed by atoms with van der Waals surface area (Å²) in [6, 6.07) is 12.5. The summed E-state index contributed by atoms with van der Waals surface area (Å²) in [7, 11) is 2.07. The third-order valence-electron chi connectivity index (χ3n) is 3.18. The van der Waals surface area contributed by atoms with E-state index in [0.717, 1.165) is 29.2 Å². The van der Waals surface area contributed by atoms with E-state index >= 15 is 0 Å². The highest BCUT2D eigenvalue weighted by atomic mass is 79.9. The maximum atomic E-state index is 4.63. The highest BCUT2D eigenvalue weighted by molar-refractivity contribution is 9.10. The van der Waals surface area contributed by atoms with Gasteiger partial charge in [-0.2, -0.15) is 0 Å². The summed E-state index contributed by atoms with van der Waals surface area (Å²) < 4.78 is 0.845. The van der Waals surface area contributed by atoms with Crippen molar-refractivity contribution >= 4 is 21.7 Å². The van der Waals surface area contributed by atoms with Crippen LogP contribution in [-0.2, 0) is 6.42 Å². The third kappa shape index (κ3) is 4.04. The van der Waals surface area contributed by atoms with E-state index in [1.807, 2.05) is 12.1 Å². The van der Waals surface area contributed by atoms with E-state index in [1.54, 1.807) is 0 Å². The van der Waals surface area contributed by atoms with Crippen molar-refractivity contribution in [2.75, 3.05) is 18.5 Å². The van der Waals surface area contributed by atoms with Gasteiger partial charge in [0.15, 0.2) is 0 Å². The Kier molecular flexibility index (Phi) is 5.12. The SMILES string of the molecule is CC(C)c1nc(Br)cc(N(C)CCc2ccccc2)n1. The molecule has 2 aromatic rings. The molecule has 3 nitrogen and oxygen atoms in total. The summed E-state index contributed by atoms with van der Waals surface area (Å²) in [5.74, 6) is 2.17. The van der Waals surface area contributed by atoms with E-state index in [-0.39, 0.29) is 0 Å². The molecule has 1 aromatic carbocycles. The highest BCUT2D eigenvalue weighted by Gasteiger charge is 2.10. The molecule has 0 saturated heterocycles. The second kappa shape index (κ2) is 6.84. The molecular formula is C16H20BrN3. The lowest BCUT2D eigenvalue weighted by Gasteiger charge is -2.19. The predicted molar refractivity (Wildman–Crippen MR) is 87.2 cm³/mol. The van der Waals surface area contributed by atoms with Crippen molar-refractivity contribution < 1.29 is 0 Å². The lowest BCUT2D eigenvalue weighted by molar-refractivity contribution is 0.755. The molecule has 0 aliphatic carbocycles. The van der Waals surface area contributed by atoms with E-state index in [0.29, 0.717) is 5.92 Å². The molecule has 0 radical (unpaired) electrons. The summed E-state index contributed by atoms with van der Waals surface area (Å²) in [5, 5.41) is 0. The molecule has 1 heterocycles. The molecule has 0 aliphatic rings. The second-order valence-corrected chi connectivity index (χ2v) is 6.03. The number of hydrogen-bond donors (Lipinski definition) is 0. The summed E-state index contributed by atoms with van der Waals surface area (Å²) in [5.41, 5.74) is 1.34. The number of nitrogens with zero attached hydrogens (tertiary/aromatic N) is 3. The first kappa shape index (κ1) is 15.0. The van der Waals surface area contributed by atoms with Gasteiger partial charge in [0, 0.05) is 25.6 Å². The predicted octanol–water partition coefficient (Wildman–Crippen LogP) is 4.04. The number of likely N-dealkylation sites (N-methyl/N-ethyl adjacent to an activating group) is 1. The standard InChI is InChI=1S/C16H20BrN3/c1-12(2)16-18-14(17)11-15(19-16)20(3)10-9-13-7-5-4-6-8-13/h4-8,11-12H,9-10H2,1-3H3. The molecule has 0 amide bonds. The highest BCUT2D eigenvalue weighted by Crippen LogP contribution is 2.19. The zero-order valence-electron chi connectivity index (χ0n) is 12.2. The van der Waals surface area contributed by atoms with Crippen molar-refractivity contribution in [3.05, 3.63) is 52.4 Å². The number of anilines is 1. The number of halogens is 1. The van der Waals surface area contributed by atoms with Crippen molar-refractivity contribution in [2.45, 2.75) is 26.2 Å². The van der Waals surface area contributed by atoms with Gasteiger partial charge in [-0.1, -0.05) is 44.2 Å². The lowest BCUT2D eigenvalue weighted by atomic mass is 10.1. The van der Waals surface area contributed by atoms with Crippen LogP contribution in [0.1, 0.15) is 31.2 Å². The van der Waals surface area contributed by atoms with Gasteiger partial charge >= 0.3 is 0 Å². The fourth-order valence-corrected chi connectivity index (χ4v) is 2.32. The van der Waals surface area contributed by atoms with Gasteiger partial charge < -0.3 is 4.90 Å². The Hall–Kier alpha value is -1.42. The van der Waals surface area contributed by atoms with Gasteiger partial charge in [-0.3, -0.25) is 0 Å². The van der Waals surface area contributed by atoms with Crippen molar-refractivity contribution in [1.82, 2.24) is 9.97 Å². The average Bonchev–Trinajstić information content (AvgIpc) is 2.45. The first-order chi connectivity index (χ1) is 9.56. The number of rotatable bonds is 5. The lowest BCUT2D eigenvalue weighted by Crippen LogP contribution is -2.22. The molecule has 0 N–H and O–H groups in total. The van der Waals surface area contributed by atoms with Gasteiger partial charge in [0.25, 0.3) is 0 Å². The first-order valence-electron chi connectivity index (χ1n) is 6.86. The fourth-order valence-electron chi connectivity index (χ4n) is 1.93. The molecule has 106 valence electrons. The van der Waals surface area contributed by atoms with Crippen LogP contribution in [0.4, 0.5) is 5.82 Å². The van der Waals surface area contributed by atoms with E-state index in [9.17, 15) is 0 Å². The zero-order chi connectivity index (χ0) is 14.5. The van der Waals surface area contributed by atoms with Gasteiger partial charge in [-0.25, -0.2) is 9.97 Å². The Balaban J connectivity index is 2.07. The maximum absolute atomic E-state index is 4.63. The second-order valence-electron chi connectivity index (χ2n) is 5.22. The van der Waals surface area contributed by atoms with Gasteiger partial charge in [0.05, 0.1) is 0 Å². The topological polar surface area (TPSA) is 29.0 Å². The van der Waals surface area contributed by atoms with Gasteiger partial charge in [-0.05, 0) is 27.9 Å². The summed E-state index contributed by atoms with van der Waals surface area (Å²) in [4.78, 5) is 11.2. The Bertz CT molecular complexity index is 555. The Morgan fingerprint density at radius 3 is 2.50 bits per heavy atom. The minimum Gasteiger partial charge on any atom is -0.359 e. The summed E-state index contributed by atoms with van der Waals surface area (Å²) >= 11 is 3.47. The molecule has 1 aromatic heterocycles. The Morgan fingerprint density at radius 1 is 1.15 bits per heavy atom. The van der Waals surface area contributed by atoms with Crippen LogP contribution in [0.25, 0.3) is 0 Å². The minimum absolute atomic E-state index is 0.328. The van der Waals surface area contributed by atoms with Crippen molar-refractivity contribution in [2.24, 2.45) is 0 Å². The smallest absolute Gasteiger partial charge is 0.134 e.